The molecule has 0 aliphatic heterocycles. The molecule has 0 spiro atoms. The molecule has 0 bridgehead atoms. The molecule has 0 aliphatic carbocycles. The van der Waals surface area contributed by atoms with E-state index in [1.54, 1.807) is 25.0 Å². The first-order chi connectivity index (χ1) is 10.5. The molecule has 3 rings (SSSR count). The van der Waals surface area contributed by atoms with E-state index in [-0.39, 0.29) is 5.56 Å². The van der Waals surface area contributed by atoms with Crippen molar-refractivity contribution in [2.75, 3.05) is 14.2 Å². The van der Waals surface area contributed by atoms with Gasteiger partial charge in [0, 0.05) is 18.5 Å². The van der Waals surface area contributed by atoms with Crippen LogP contribution in [0.2, 0.25) is 0 Å². The van der Waals surface area contributed by atoms with Crippen molar-refractivity contribution in [2.45, 2.75) is 6.92 Å². The van der Waals surface area contributed by atoms with E-state index in [1.165, 1.54) is 0 Å². The molecule has 0 atom stereocenters. The third-order valence-corrected chi connectivity index (χ3v) is 3.63. The number of fused-ring (bicyclic) bond motifs is 1. The lowest BCUT2D eigenvalue weighted by molar-refractivity contribution is 0.356. The summed E-state index contributed by atoms with van der Waals surface area (Å²) in [6.45, 7) is 1.90. The Balaban J connectivity index is 2.28. The first kappa shape index (κ1) is 14.2. The number of rotatable bonds is 3. The molecule has 2 heterocycles. The van der Waals surface area contributed by atoms with Gasteiger partial charge < -0.3 is 14.5 Å². The van der Waals surface area contributed by atoms with Crippen LogP contribution in [0.25, 0.3) is 22.2 Å². The fourth-order valence-electron chi connectivity index (χ4n) is 2.59. The maximum Gasteiger partial charge on any atom is 0.257 e. The summed E-state index contributed by atoms with van der Waals surface area (Å²) in [4.78, 5) is 15.3. The van der Waals surface area contributed by atoms with E-state index in [9.17, 15) is 4.79 Å². The van der Waals surface area contributed by atoms with E-state index < -0.39 is 0 Å². The minimum absolute atomic E-state index is 0.164. The van der Waals surface area contributed by atoms with Gasteiger partial charge in [-0.1, -0.05) is 0 Å². The highest BCUT2D eigenvalue weighted by Crippen LogP contribution is 2.32. The number of aromatic nitrogens is 3. The number of hydrogen-bond donors (Lipinski definition) is 1. The number of hydrogen-bond acceptors (Lipinski definition) is 4. The van der Waals surface area contributed by atoms with Crippen molar-refractivity contribution in [3.8, 4) is 22.8 Å². The van der Waals surface area contributed by atoms with Crippen molar-refractivity contribution in [1.29, 1.82) is 0 Å². The Morgan fingerprint density at radius 3 is 2.36 bits per heavy atom. The molecule has 1 aromatic carbocycles. The Bertz CT molecular complexity index is 909. The third kappa shape index (κ3) is 2.22. The van der Waals surface area contributed by atoms with Gasteiger partial charge in [-0.25, -0.2) is 0 Å². The molecule has 0 amide bonds. The minimum Gasteiger partial charge on any atom is -0.493 e. The van der Waals surface area contributed by atoms with Crippen molar-refractivity contribution in [3.63, 3.8) is 0 Å². The highest BCUT2D eigenvalue weighted by Gasteiger charge is 2.13. The Morgan fingerprint density at radius 2 is 1.77 bits per heavy atom. The van der Waals surface area contributed by atoms with Gasteiger partial charge in [-0.05, 0) is 25.1 Å². The summed E-state index contributed by atoms with van der Waals surface area (Å²) in [7, 11) is 4.97. The fraction of sp³-hybridized carbons (Fsp3) is 0.250. The first-order valence-corrected chi connectivity index (χ1v) is 6.83. The number of aromatic amines is 1. The zero-order valence-corrected chi connectivity index (χ0v) is 12.9. The van der Waals surface area contributed by atoms with Crippen LogP contribution in [-0.2, 0) is 7.05 Å². The molecular weight excluding hydrogens is 282 g/mol. The lowest BCUT2D eigenvalue weighted by Gasteiger charge is -2.10. The Labute approximate surface area is 127 Å². The van der Waals surface area contributed by atoms with E-state index in [1.807, 2.05) is 32.2 Å². The Morgan fingerprint density at radius 1 is 1.09 bits per heavy atom. The molecule has 0 aliphatic rings. The number of aryl methyl sites for hydroxylation is 2. The van der Waals surface area contributed by atoms with Gasteiger partial charge in [-0.15, -0.1) is 0 Å². The van der Waals surface area contributed by atoms with Crippen molar-refractivity contribution in [3.05, 3.63) is 40.3 Å². The van der Waals surface area contributed by atoms with Crippen LogP contribution in [0.3, 0.4) is 0 Å². The lowest BCUT2D eigenvalue weighted by Crippen LogP contribution is -2.11. The number of ether oxygens (including phenoxy) is 2. The lowest BCUT2D eigenvalue weighted by atomic mass is 10.1. The molecule has 114 valence electrons. The number of H-pyrrole nitrogens is 1. The van der Waals surface area contributed by atoms with Crippen LogP contribution in [0.4, 0.5) is 0 Å². The van der Waals surface area contributed by atoms with E-state index in [0.717, 1.165) is 16.8 Å². The summed E-state index contributed by atoms with van der Waals surface area (Å²) in [5, 5.41) is 5.16. The van der Waals surface area contributed by atoms with Gasteiger partial charge in [0.05, 0.1) is 36.7 Å². The molecule has 0 fully saturated rings. The predicted molar refractivity (Wildman–Crippen MR) is 84.6 cm³/mol. The van der Waals surface area contributed by atoms with Crippen LogP contribution in [-0.4, -0.2) is 29.0 Å². The zero-order valence-electron chi connectivity index (χ0n) is 12.9. The number of pyridine rings is 1. The molecule has 0 saturated heterocycles. The average Bonchev–Trinajstić information content (AvgIpc) is 2.83. The molecule has 3 aromatic rings. The monoisotopic (exact) mass is 299 g/mol. The summed E-state index contributed by atoms with van der Waals surface area (Å²) >= 11 is 0. The van der Waals surface area contributed by atoms with Crippen LogP contribution in [0.5, 0.6) is 11.5 Å². The second kappa shape index (κ2) is 5.22. The molecule has 1 N–H and O–H groups in total. The van der Waals surface area contributed by atoms with E-state index >= 15 is 0 Å². The first-order valence-electron chi connectivity index (χ1n) is 6.83. The van der Waals surface area contributed by atoms with E-state index in [2.05, 4.69) is 10.1 Å². The van der Waals surface area contributed by atoms with Gasteiger partial charge in [0.2, 0.25) is 0 Å². The molecule has 2 aromatic heterocycles. The molecule has 22 heavy (non-hydrogen) atoms. The molecule has 6 nitrogen and oxygen atoms in total. The highest BCUT2D eigenvalue weighted by atomic mass is 16.5. The molecule has 0 saturated carbocycles. The summed E-state index contributed by atoms with van der Waals surface area (Å²) in [6.07, 6.45) is 0. The van der Waals surface area contributed by atoms with E-state index in [0.29, 0.717) is 22.6 Å². The van der Waals surface area contributed by atoms with Crippen LogP contribution >= 0.6 is 0 Å². The van der Waals surface area contributed by atoms with Crippen LogP contribution < -0.4 is 15.0 Å². The standard InChI is InChI=1S/C16H17N3O3/c1-9-5-13(19(2)18-9)11-6-10-7-14(21-3)15(22-4)8-12(10)17-16(11)20/h5-8H,1-4H3,(H,17,20). The number of benzene rings is 1. The van der Waals surface area contributed by atoms with Crippen LogP contribution in [0.15, 0.2) is 29.1 Å². The summed E-state index contributed by atoms with van der Waals surface area (Å²) in [6, 6.07) is 7.33. The van der Waals surface area contributed by atoms with Gasteiger partial charge in [-0.2, -0.15) is 5.10 Å². The normalized spacial score (nSPS) is 10.9. The third-order valence-electron chi connectivity index (χ3n) is 3.63. The minimum atomic E-state index is -0.164. The van der Waals surface area contributed by atoms with E-state index in [4.69, 9.17) is 9.47 Å². The quantitative estimate of drug-likeness (QED) is 0.805. The highest BCUT2D eigenvalue weighted by molar-refractivity contribution is 5.86. The molecular formula is C16H17N3O3. The van der Waals surface area contributed by atoms with Crippen molar-refractivity contribution >= 4 is 10.9 Å². The van der Waals surface area contributed by atoms with Gasteiger partial charge in [0.1, 0.15) is 0 Å². The number of nitrogens with one attached hydrogen (secondary N) is 1. The van der Waals surface area contributed by atoms with Crippen molar-refractivity contribution in [2.24, 2.45) is 7.05 Å². The number of nitrogens with zero attached hydrogens (tertiary/aromatic N) is 2. The second-order valence-corrected chi connectivity index (χ2v) is 5.10. The summed E-state index contributed by atoms with van der Waals surface area (Å²) < 4.78 is 12.3. The van der Waals surface area contributed by atoms with Crippen LogP contribution in [0, 0.1) is 6.92 Å². The summed E-state index contributed by atoms with van der Waals surface area (Å²) in [5.41, 5.74) is 2.75. The van der Waals surface area contributed by atoms with Crippen molar-refractivity contribution < 1.29 is 9.47 Å². The largest absolute Gasteiger partial charge is 0.493 e. The maximum atomic E-state index is 12.4. The molecule has 6 heteroatoms. The zero-order chi connectivity index (χ0) is 15.9. The predicted octanol–water partition coefficient (Wildman–Crippen LogP) is 2.25. The van der Waals surface area contributed by atoms with Crippen LogP contribution in [0.1, 0.15) is 5.69 Å². The molecule has 0 unspecified atom stereocenters. The maximum absolute atomic E-state index is 12.4. The van der Waals surface area contributed by atoms with Crippen molar-refractivity contribution in [1.82, 2.24) is 14.8 Å². The number of methoxy groups -OCH3 is 2. The van der Waals surface area contributed by atoms with Gasteiger partial charge in [-0.3, -0.25) is 9.48 Å². The molecule has 0 radical (unpaired) electrons. The van der Waals surface area contributed by atoms with Gasteiger partial charge in [0.15, 0.2) is 11.5 Å². The average molecular weight is 299 g/mol. The smallest absolute Gasteiger partial charge is 0.257 e. The Hall–Kier alpha value is -2.76. The topological polar surface area (TPSA) is 69.1 Å². The summed E-state index contributed by atoms with van der Waals surface area (Å²) in [5.74, 6) is 1.20. The van der Waals surface area contributed by atoms with Gasteiger partial charge >= 0.3 is 0 Å². The fourth-order valence-corrected chi connectivity index (χ4v) is 2.59. The SMILES string of the molecule is COc1cc2cc(-c3cc(C)nn3C)c(=O)[nH]c2cc1OC. The second-order valence-electron chi connectivity index (χ2n) is 5.10. The van der Waals surface area contributed by atoms with Gasteiger partial charge in [0.25, 0.3) is 5.56 Å². The Kier molecular flexibility index (Phi) is 3.36.